The number of carbonyl (C=O) groups is 1. The normalized spacial score (nSPS) is 12.0. The number of phenols is 2. The average molecular weight is 368 g/mol. The van der Waals surface area contributed by atoms with Crippen molar-refractivity contribution in [2.24, 2.45) is 0 Å². The number of hydrogen-bond acceptors (Lipinski definition) is 6. The summed E-state index contributed by atoms with van der Waals surface area (Å²) in [5.41, 5.74) is -0.210. The van der Waals surface area contributed by atoms with E-state index >= 15 is 0 Å². The molecule has 0 saturated heterocycles. The molecule has 0 aliphatic rings. The van der Waals surface area contributed by atoms with Crippen LogP contribution in [0.1, 0.15) is 35.5 Å². The Labute approximate surface area is 155 Å². The highest BCUT2D eigenvalue weighted by molar-refractivity contribution is 6.13. The van der Waals surface area contributed by atoms with Crippen LogP contribution in [0.15, 0.2) is 46.9 Å². The summed E-state index contributed by atoms with van der Waals surface area (Å²) in [6, 6.07) is 9.35. The van der Waals surface area contributed by atoms with Gasteiger partial charge in [-0.25, -0.2) is 0 Å². The molecule has 0 aliphatic carbocycles. The molecule has 27 heavy (non-hydrogen) atoms. The van der Waals surface area contributed by atoms with E-state index in [0.29, 0.717) is 16.5 Å². The molecule has 0 bridgehead atoms. The van der Waals surface area contributed by atoms with Crippen molar-refractivity contribution in [3.8, 4) is 17.2 Å². The van der Waals surface area contributed by atoms with Gasteiger partial charge in [-0.15, -0.1) is 0 Å². The fraction of sp³-hybridized carbons (Fsp3) is 0.190. The Hall–Kier alpha value is -3.25. The molecule has 0 saturated carbocycles. The van der Waals surface area contributed by atoms with Crippen molar-refractivity contribution in [2.75, 3.05) is 7.11 Å². The summed E-state index contributed by atoms with van der Waals surface area (Å²) in [6.45, 7) is 3.12. The van der Waals surface area contributed by atoms with Gasteiger partial charge in [-0.2, -0.15) is 0 Å². The van der Waals surface area contributed by atoms with Gasteiger partial charge in [-0.05, 0) is 43.7 Å². The average Bonchev–Trinajstić information content (AvgIpc) is 3.05. The highest BCUT2D eigenvalue weighted by Crippen LogP contribution is 2.40. The molecule has 2 aromatic carbocycles. The minimum Gasteiger partial charge on any atom is -0.508 e. The van der Waals surface area contributed by atoms with Gasteiger partial charge in [0.15, 0.2) is 5.78 Å². The maximum atomic E-state index is 12.7. The van der Waals surface area contributed by atoms with Crippen LogP contribution in [0.25, 0.3) is 17.0 Å². The molecule has 0 fully saturated rings. The van der Waals surface area contributed by atoms with Crippen LogP contribution < -0.4 is 4.74 Å². The third-order valence-corrected chi connectivity index (χ3v) is 4.15. The lowest BCUT2D eigenvalue weighted by molar-refractivity contribution is 0.0559. The number of aliphatic hydroxyl groups is 1. The lowest BCUT2D eigenvalue weighted by Gasteiger charge is -2.12. The molecule has 140 valence electrons. The van der Waals surface area contributed by atoms with E-state index in [4.69, 9.17) is 9.15 Å². The maximum Gasteiger partial charge on any atom is 0.193 e. The first-order chi connectivity index (χ1) is 12.7. The smallest absolute Gasteiger partial charge is 0.193 e. The molecule has 6 heteroatoms. The number of phenolic OH excluding ortho intramolecular Hbond substituents is 2. The topological polar surface area (TPSA) is 100 Å². The van der Waals surface area contributed by atoms with Crippen LogP contribution in [0.3, 0.4) is 0 Å². The molecular formula is C21H20O6. The SMILES string of the molecule is COc1cc2oc(C(C)(C)O)cc2c(O)c1C(=O)C=Cc1ccc(O)cc1. The summed E-state index contributed by atoms with van der Waals surface area (Å²) in [5.74, 6) is -0.170. The second kappa shape index (κ2) is 6.81. The number of methoxy groups -OCH3 is 1. The molecule has 0 spiro atoms. The molecule has 0 radical (unpaired) electrons. The Morgan fingerprint density at radius 1 is 1.15 bits per heavy atom. The second-order valence-electron chi connectivity index (χ2n) is 6.67. The van der Waals surface area contributed by atoms with Crippen LogP contribution >= 0.6 is 0 Å². The summed E-state index contributed by atoms with van der Waals surface area (Å²) >= 11 is 0. The maximum absolute atomic E-state index is 12.7. The number of furan rings is 1. The number of rotatable bonds is 5. The van der Waals surface area contributed by atoms with Gasteiger partial charge < -0.3 is 24.5 Å². The van der Waals surface area contributed by atoms with Crippen LogP contribution in [0.5, 0.6) is 17.2 Å². The quantitative estimate of drug-likeness (QED) is 0.465. The van der Waals surface area contributed by atoms with Crippen molar-refractivity contribution >= 4 is 22.8 Å². The van der Waals surface area contributed by atoms with Crippen molar-refractivity contribution in [1.82, 2.24) is 0 Å². The fourth-order valence-electron chi connectivity index (χ4n) is 2.68. The molecule has 6 nitrogen and oxygen atoms in total. The Kier molecular flexibility index (Phi) is 4.68. The number of aromatic hydroxyl groups is 2. The lowest BCUT2D eigenvalue weighted by Crippen LogP contribution is -2.13. The molecular weight excluding hydrogens is 348 g/mol. The van der Waals surface area contributed by atoms with E-state index in [2.05, 4.69) is 0 Å². The largest absolute Gasteiger partial charge is 0.508 e. The van der Waals surface area contributed by atoms with Gasteiger partial charge in [-0.1, -0.05) is 18.2 Å². The standard InChI is InChI=1S/C21H20O6/c1-21(2,25)18-10-14-16(27-18)11-17(26-3)19(20(14)24)15(23)9-6-12-4-7-13(22)8-5-12/h4-11,22,24-25H,1-3H3. The highest BCUT2D eigenvalue weighted by Gasteiger charge is 2.26. The first-order valence-electron chi connectivity index (χ1n) is 8.28. The Bertz CT molecular complexity index is 1020. The zero-order valence-electron chi connectivity index (χ0n) is 15.2. The second-order valence-corrected chi connectivity index (χ2v) is 6.67. The van der Waals surface area contributed by atoms with Gasteiger partial charge >= 0.3 is 0 Å². The molecule has 0 atom stereocenters. The van der Waals surface area contributed by atoms with Gasteiger partial charge in [-0.3, -0.25) is 4.79 Å². The molecule has 3 rings (SSSR count). The number of allylic oxidation sites excluding steroid dienone is 1. The minimum absolute atomic E-state index is 0.00289. The van der Waals surface area contributed by atoms with Gasteiger partial charge in [0.2, 0.25) is 0 Å². The van der Waals surface area contributed by atoms with Crippen molar-refractivity contribution in [2.45, 2.75) is 19.4 Å². The van der Waals surface area contributed by atoms with E-state index in [1.807, 2.05) is 0 Å². The number of ketones is 1. The van der Waals surface area contributed by atoms with Crippen molar-refractivity contribution < 1.29 is 29.3 Å². The number of fused-ring (bicyclic) bond motifs is 1. The van der Waals surface area contributed by atoms with E-state index < -0.39 is 11.4 Å². The number of ether oxygens (including phenoxy) is 1. The minimum atomic E-state index is -1.23. The first kappa shape index (κ1) is 18.5. The number of carbonyl (C=O) groups excluding carboxylic acids is 1. The van der Waals surface area contributed by atoms with E-state index in [1.54, 1.807) is 32.1 Å². The first-order valence-corrected chi connectivity index (χ1v) is 8.28. The zero-order chi connectivity index (χ0) is 19.8. The molecule has 1 aromatic heterocycles. The van der Waals surface area contributed by atoms with Crippen molar-refractivity contribution in [1.29, 1.82) is 0 Å². The van der Waals surface area contributed by atoms with Crippen LogP contribution in [0, 0.1) is 0 Å². The Balaban J connectivity index is 2.05. The molecule has 0 unspecified atom stereocenters. The third-order valence-electron chi connectivity index (χ3n) is 4.15. The van der Waals surface area contributed by atoms with Gasteiger partial charge in [0.25, 0.3) is 0 Å². The van der Waals surface area contributed by atoms with Crippen LogP contribution in [-0.2, 0) is 5.60 Å². The summed E-state index contributed by atoms with van der Waals surface area (Å²) in [7, 11) is 1.39. The summed E-state index contributed by atoms with van der Waals surface area (Å²) < 4.78 is 10.8. The predicted molar refractivity (Wildman–Crippen MR) is 101 cm³/mol. The number of benzene rings is 2. The molecule has 0 aliphatic heterocycles. The van der Waals surface area contributed by atoms with E-state index in [1.165, 1.54) is 37.5 Å². The van der Waals surface area contributed by atoms with Gasteiger partial charge in [0.1, 0.15) is 39.8 Å². The van der Waals surface area contributed by atoms with Gasteiger partial charge in [0, 0.05) is 6.07 Å². The highest BCUT2D eigenvalue weighted by atomic mass is 16.5. The summed E-state index contributed by atoms with van der Waals surface area (Å²) in [6.07, 6.45) is 2.88. The Morgan fingerprint density at radius 2 is 1.81 bits per heavy atom. The molecule has 3 N–H and O–H groups in total. The van der Waals surface area contributed by atoms with E-state index in [-0.39, 0.29) is 28.6 Å². The molecule has 1 heterocycles. The number of hydrogen-bond donors (Lipinski definition) is 3. The lowest BCUT2D eigenvalue weighted by atomic mass is 10.0. The van der Waals surface area contributed by atoms with Crippen molar-refractivity contribution in [3.05, 3.63) is 59.4 Å². The monoisotopic (exact) mass is 368 g/mol. The van der Waals surface area contributed by atoms with Crippen LogP contribution in [-0.4, -0.2) is 28.2 Å². The third kappa shape index (κ3) is 3.66. The van der Waals surface area contributed by atoms with Crippen molar-refractivity contribution in [3.63, 3.8) is 0 Å². The van der Waals surface area contributed by atoms with E-state index in [9.17, 15) is 20.1 Å². The van der Waals surface area contributed by atoms with Crippen LogP contribution in [0.4, 0.5) is 0 Å². The zero-order valence-corrected chi connectivity index (χ0v) is 15.2. The van der Waals surface area contributed by atoms with Gasteiger partial charge in [0.05, 0.1) is 12.5 Å². The van der Waals surface area contributed by atoms with E-state index in [0.717, 1.165) is 0 Å². The summed E-state index contributed by atoms with van der Waals surface area (Å²) in [5, 5.41) is 30.4. The Morgan fingerprint density at radius 3 is 2.41 bits per heavy atom. The molecule has 0 amide bonds. The summed E-state index contributed by atoms with van der Waals surface area (Å²) in [4.78, 5) is 12.7. The molecule has 3 aromatic rings. The fourth-order valence-corrected chi connectivity index (χ4v) is 2.68. The predicted octanol–water partition coefficient (Wildman–Crippen LogP) is 3.98. The van der Waals surface area contributed by atoms with Crippen LogP contribution in [0.2, 0.25) is 0 Å².